The molecule has 1 fully saturated rings. The zero-order valence-electron chi connectivity index (χ0n) is 17.9. The highest BCUT2D eigenvalue weighted by atomic mass is 16.5. The Morgan fingerprint density at radius 3 is 2.55 bits per heavy atom. The fraction of sp³-hybridized carbons (Fsp3) is 0.348. The Labute approximate surface area is 181 Å². The second-order valence-corrected chi connectivity index (χ2v) is 7.68. The first-order valence-electron chi connectivity index (χ1n) is 10.4. The highest BCUT2D eigenvalue weighted by Gasteiger charge is 2.17. The third kappa shape index (κ3) is 4.86. The van der Waals surface area contributed by atoms with Gasteiger partial charge < -0.3 is 24.4 Å². The maximum Gasteiger partial charge on any atom is 0.243 e. The molecule has 162 valence electrons. The van der Waals surface area contributed by atoms with Gasteiger partial charge >= 0.3 is 0 Å². The predicted molar refractivity (Wildman–Crippen MR) is 120 cm³/mol. The van der Waals surface area contributed by atoms with Crippen LogP contribution in [0.25, 0.3) is 11.0 Å². The van der Waals surface area contributed by atoms with Gasteiger partial charge in [-0.05, 0) is 43.3 Å². The number of amides is 2. The Hall–Kier alpha value is -3.39. The number of aryl methyl sites for hydroxylation is 1. The lowest BCUT2D eigenvalue weighted by Crippen LogP contribution is -2.37. The van der Waals surface area contributed by atoms with Crippen LogP contribution in [0.2, 0.25) is 0 Å². The number of carbonyl (C=O) groups is 2. The van der Waals surface area contributed by atoms with E-state index < -0.39 is 0 Å². The molecule has 0 radical (unpaired) electrons. The van der Waals surface area contributed by atoms with Gasteiger partial charge in [0.1, 0.15) is 12.4 Å². The van der Waals surface area contributed by atoms with Crippen LogP contribution in [0.4, 0.5) is 11.4 Å². The highest BCUT2D eigenvalue weighted by Crippen LogP contribution is 2.19. The molecule has 2 heterocycles. The number of nitrogens with one attached hydrogen (secondary N) is 1. The predicted octanol–water partition coefficient (Wildman–Crippen LogP) is 2.28. The molecule has 0 saturated carbocycles. The maximum absolute atomic E-state index is 12.7. The van der Waals surface area contributed by atoms with Crippen molar-refractivity contribution in [2.24, 2.45) is 0 Å². The van der Waals surface area contributed by atoms with Crippen molar-refractivity contribution in [3.63, 3.8) is 0 Å². The van der Waals surface area contributed by atoms with E-state index in [0.717, 1.165) is 48.8 Å². The average molecular weight is 422 g/mol. The number of rotatable bonds is 6. The van der Waals surface area contributed by atoms with Crippen LogP contribution in [-0.2, 0) is 20.9 Å². The molecule has 0 unspecified atom stereocenters. The van der Waals surface area contributed by atoms with E-state index in [9.17, 15) is 9.59 Å². The molecular weight excluding hydrogens is 394 g/mol. The van der Waals surface area contributed by atoms with Gasteiger partial charge in [0, 0.05) is 31.5 Å². The minimum absolute atomic E-state index is 0.0181. The molecule has 2 amide bonds. The smallest absolute Gasteiger partial charge is 0.243 e. The van der Waals surface area contributed by atoms with Crippen molar-refractivity contribution in [3.05, 3.63) is 54.4 Å². The number of para-hydroxylation sites is 2. The largest absolute Gasteiger partial charge is 0.378 e. The van der Waals surface area contributed by atoms with Gasteiger partial charge in [0.2, 0.25) is 11.8 Å². The van der Waals surface area contributed by atoms with E-state index in [4.69, 9.17) is 4.74 Å². The summed E-state index contributed by atoms with van der Waals surface area (Å²) in [6, 6.07) is 15.4. The number of hydrogen-bond acceptors (Lipinski definition) is 5. The first-order chi connectivity index (χ1) is 15.0. The number of hydrogen-bond donors (Lipinski definition) is 1. The van der Waals surface area contributed by atoms with Crippen molar-refractivity contribution >= 4 is 34.2 Å². The molecule has 1 aliphatic heterocycles. The lowest BCUT2D eigenvalue weighted by molar-refractivity contribution is -0.133. The molecule has 0 aliphatic carbocycles. The van der Waals surface area contributed by atoms with Crippen LogP contribution in [0.3, 0.4) is 0 Å². The van der Waals surface area contributed by atoms with Crippen molar-refractivity contribution < 1.29 is 14.3 Å². The zero-order chi connectivity index (χ0) is 21.8. The number of morpholine rings is 1. The fourth-order valence-electron chi connectivity index (χ4n) is 3.73. The standard InChI is InChI=1S/C23H27N5O3/c1-17-24-20-5-3-4-6-21(20)28(17)16-23(30)26(2)15-22(29)25-18-7-9-19(10-8-18)27-11-13-31-14-12-27/h3-10H,11-16H2,1-2H3,(H,25,29). The molecule has 3 aromatic rings. The number of imidazole rings is 1. The Bertz CT molecular complexity index is 1070. The summed E-state index contributed by atoms with van der Waals surface area (Å²) < 4.78 is 7.25. The van der Waals surface area contributed by atoms with Gasteiger partial charge in [0.15, 0.2) is 0 Å². The topological polar surface area (TPSA) is 79.7 Å². The summed E-state index contributed by atoms with van der Waals surface area (Å²) in [6.45, 7) is 5.19. The molecular formula is C23H27N5O3. The second kappa shape index (κ2) is 9.18. The number of nitrogens with zero attached hydrogens (tertiary/aromatic N) is 4. The van der Waals surface area contributed by atoms with Crippen LogP contribution in [0.1, 0.15) is 5.82 Å². The lowest BCUT2D eigenvalue weighted by Gasteiger charge is -2.28. The van der Waals surface area contributed by atoms with Gasteiger partial charge in [-0.1, -0.05) is 12.1 Å². The maximum atomic E-state index is 12.7. The summed E-state index contributed by atoms with van der Waals surface area (Å²) in [7, 11) is 1.64. The van der Waals surface area contributed by atoms with Gasteiger partial charge in [-0.2, -0.15) is 0 Å². The summed E-state index contributed by atoms with van der Waals surface area (Å²) >= 11 is 0. The molecule has 0 spiro atoms. The number of fused-ring (bicyclic) bond motifs is 1. The Balaban J connectivity index is 1.32. The third-order valence-corrected chi connectivity index (χ3v) is 5.47. The van der Waals surface area contributed by atoms with Gasteiger partial charge in [-0.15, -0.1) is 0 Å². The van der Waals surface area contributed by atoms with E-state index in [0.29, 0.717) is 5.69 Å². The molecule has 1 aromatic heterocycles. The number of aromatic nitrogens is 2. The van der Waals surface area contributed by atoms with Crippen molar-refractivity contribution in [2.45, 2.75) is 13.5 Å². The molecule has 31 heavy (non-hydrogen) atoms. The fourth-order valence-corrected chi connectivity index (χ4v) is 3.73. The van der Waals surface area contributed by atoms with Crippen LogP contribution < -0.4 is 10.2 Å². The summed E-state index contributed by atoms with van der Waals surface area (Å²) in [4.78, 5) is 33.3. The molecule has 1 aliphatic rings. The van der Waals surface area contributed by atoms with E-state index in [1.165, 1.54) is 4.90 Å². The minimum atomic E-state index is -0.234. The molecule has 1 N–H and O–H groups in total. The van der Waals surface area contributed by atoms with E-state index in [1.54, 1.807) is 7.05 Å². The molecule has 2 aromatic carbocycles. The van der Waals surface area contributed by atoms with E-state index in [-0.39, 0.29) is 24.9 Å². The van der Waals surface area contributed by atoms with Gasteiger partial charge in [0.05, 0.1) is 30.8 Å². The van der Waals surface area contributed by atoms with Crippen molar-refractivity contribution in [1.29, 1.82) is 0 Å². The first-order valence-corrected chi connectivity index (χ1v) is 10.4. The number of ether oxygens (including phenoxy) is 1. The molecule has 0 atom stereocenters. The van der Waals surface area contributed by atoms with Gasteiger partial charge in [0.25, 0.3) is 0 Å². The number of anilines is 2. The Kier molecular flexibility index (Phi) is 6.18. The van der Waals surface area contributed by atoms with Crippen molar-refractivity contribution in [3.8, 4) is 0 Å². The summed E-state index contributed by atoms with van der Waals surface area (Å²) in [6.07, 6.45) is 0. The number of likely N-dealkylation sites (N-methyl/N-ethyl adjacent to an activating group) is 1. The van der Waals surface area contributed by atoms with Gasteiger partial charge in [-0.3, -0.25) is 9.59 Å². The first kappa shape index (κ1) is 20.9. The van der Waals surface area contributed by atoms with E-state index in [2.05, 4.69) is 15.2 Å². The highest BCUT2D eigenvalue weighted by molar-refractivity contribution is 5.94. The SMILES string of the molecule is Cc1nc2ccccc2n1CC(=O)N(C)CC(=O)Nc1ccc(N2CCOCC2)cc1. The molecule has 0 bridgehead atoms. The Morgan fingerprint density at radius 1 is 1.10 bits per heavy atom. The summed E-state index contributed by atoms with van der Waals surface area (Å²) in [5, 5.41) is 2.86. The van der Waals surface area contributed by atoms with Crippen molar-refractivity contribution in [2.75, 3.05) is 50.1 Å². The third-order valence-electron chi connectivity index (χ3n) is 5.47. The minimum Gasteiger partial charge on any atom is -0.378 e. The average Bonchev–Trinajstić information content (AvgIpc) is 3.09. The molecule has 8 heteroatoms. The second-order valence-electron chi connectivity index (χ2n) is 7.68. The van der Waals surface area contributed by atoms with Crippen molar-refractivity contribution in [1.82, 2.24) is 14.5 Å². The Morgan fingerprint density at radius 2 is 1.81 bits per heavy atom. The van der Waals surface area contributed by atoms with Crippen LogP contribution in [0.15, 0.2) is 48.5 Å². The summed E-state index contributed by atoms with van der Waals surface area (Å²) in [5.41, 5.74) is 3.58. The normalized spacial score (nSPS) is 13.9. The monoisotopic (exact) mass is 421 g/mol. The molecule has 4 rings (SSSR count). The van der Waals surface area contributed by atoms with E-state index >= 15 is 0 Å². The van der Waals surface area contributed by atoms with Crippen LogP contribution in [0.5, 0.6) is 0 Å². The van der Waals surface area contributed by atoms with Crippen LogP contribution in [-0.4, -0.2) is 66.2 Å². The van der Waals surface area contributed by atoms with Crippen LogP contribution >= 0.6 is 0 Å². The number of benzene rings is 2. The molecule has 1 saturated heterocycles. The summed E-state index contributed by atoms with van der Waals surface area (Å²) in [5.74, 6) is 0.388. The van der Waals surface area contributed by atoms with Gasteiger partial charge in [-0.25, -0.2) is 4.98 Å². The molecule has 8 nitrogen and oxygen atoms in total. The zero-order valence-corrected chi connectivity index (χ0v) is 17.9. The van der Waals surface area contributed by atoms with E-state index in [1.807, 2.05) is 60.0 Å². The number of carbonyl (C=O) groups excluding carboxylic acids is 2. The lowest BCUT2D eigenvalue weighted by atomic mass is 10.2. The van der Waals surface area contributed by atoms with Crippen LogP contribution in [0, 0.1) is 6.92 Å². The quantitative estimate of drug-likeness (QED) is 0.661.